The van der Waals surface area contributed by atoms with E-state index in [-0.39, 0.29) is 12.6 Å². The Balaban J connectivity index is 1.64. The zero-order valence-electron chi connectivity index (χ0n) is 18.6. The van der Waals surface area contributed by atoms with Gasteiger partial charge in [0.1, 0.15) is 18.4 Å². The second-order valence-corrected chi connectivity index (χ2v) is 10.1. The Bertz CT molecular complexity index is 1010. The fraction of sp³-hybridized carbons (Fsp3) is 0.435. The minimum atomic E-state index is -3.62. The highest BCUT2D eigenvalue weighted by atomic mass is 32.2. The third-order valence-electron chi connectivity index (χ3n) is 5.64. The van der Waals surface area contributed by atoms with Crippen molar-refractivity contribution in [2.75, 3.05) is 42.6 Å². The first-order valence-corrected chi connectivity index (χ1v) is 12.3. The molecule has 0 radical (unpaired) electrons. The number of carbonyl (C=O) groups excluding carboxylic acids is 1. The van der Waals surface area contributed by atoms with Crippen molar-refractivity contribution in [2.24, 2.45) is 0 Å². The summed E-state index contributed by atoms with van der Waals surface area (Å²) in [6.07, 6.45) is 3.30. The molecule has 0 aromatic heterocycles. The lowest BCUT2D eigenvalue weighted by atomic mass is 10.1. The number of benzene rings is 2. The van der Waals surface area contributed by atoms with Crippen molar-refractivity contribution < 1.29 is 17.9 Å². The fourth-order valence-corrected chi connectivity index (χ4v) is 4.54. The predicted octanol–water partition coefficient (Wildman–Crippen LogP) is 3.18. The predicted molar refractivity (Wildman–Crippen MR) is 124 cm³/mol. The molecule has 0 atom stereocenters. The van der Waals surface area contributed by atoms with E-state index in [1.807, 2.05) is 32.0 Å². The normalized spacial score (nSPS) is 15.5. The quantitative estimate of drug-likeness (QED) is 0.708. The van der Waals surface area contributed by atoms with Gasteiger partial charge in [0.05, 0.1) is 11.9 Å². The molecule has 1 saturated heterocycles. The Labute approximate surface area is 185 Å². The second kappa shape index (κ2) is 9.70. The summed E-state index contributed by atoms with van der Waals surface area (Å²) in [6.45, 7) is 5.52. The number of nitrogens with one attached hydrogen (secondary N) is 1. The molecule has 2 aromatic rings. The van der Waals surface area contributed by atoms with Crippen molar-refractivity contribution in [3.05, 3.63) is 53.6 Å². The first kappa shape index (κ1) is 23.1. The van der Waals surface area contributed by atoms with Gasteiger partial charge in [0, 0.05) is 18.8 Å². The number of rotatable bonds is 7. The second-order valence-electron chi connectivity index (χ2n) is 8.18. The highest BCUT2D eigenvalue weighted by Gasteiger charge is 2.23. The van der Waals surface area contributed by atoms with Gasteiger partial charge in [0.15, 0.2) is 0 Å². The van der Waals surface area contributed by atoms with E-state index in [0.29, 0.717) is 11.4 Å². The van der Waals surface area contributed by atoms with Gasteiger partial charge >= 0.3 is 0 Å². The molecule has 1 heterocycles. The van der Waals surface area contributed by atoms with Gasteiger partial charge in [-0.3, -0.25) is 9.10 Å². The number of carbonyl (C=O) groups is 1. The van der Waals surface area contributed by atoms with Crippen LogP contribution in [0.4, 0.5) is 11.4 Å². The molecule has 1 N–H and O–H groups in total. The summed E-state index contributed by atoms with van der Waals surface area (Å²) >= 11 is 0. The number of anilines is 2. The Morgan fingerprint density at radius 2 is 1.77 bits per heavy atom. The summed E-state index contributed by atoms with van der Waals surface area (Å²) in [5.41, 5.74) is 2.90. The van der Waals surface area contributed by atoms with E-state index in [2.05, 4.69) is 17.3 Å². The molecule has 31 heavy (non-hydrogen) atoms. The van der Waals surface area contributed by atoms with Gasteiger partial charge in [0.25, 0.3) is 0 Å². The van der Waals surface area contributed by atoms with Crippen molar-refractivity contribution in [3.8, 4) is 5.75 Å². The Hall–Kier alpha value is -2.58. The topological polar surface area (TPSA) is 79.0 Å². The molecule has 0 bridgehead atoms. The largest absolute Gasteiger partial charge is 0.490 e. The standard InChI is InChI=1S/C23H31N3O4S/c1-17-6-5-7-22(18(17)2)26(31(4,28)29)16-23(27)24-19-8-10-20(11-9-19)30-21-12-14-25(3)15-13-21/h5-11,21H,12-16H2,1-4H3,(H,24,27). The van der Waals surface area contributed by atoms with Crippen LogP contribution in [-0.2, 0) is 14.8 Å². The van der Waals surface area contributed by atoms with E-state index in [1.54, 1.807) is 24.3 Å². The molecule has 8 heteroatoms. The molecule has 0 aliphatic carbocycles. The number of piperidine rings is 1. The smallest absolute Gasteiger partial charge is 0.245 e. The van der Waals surface area contributed by atoms with Gasteiger partial charge in [-0.25, -0.2) is 8.42 Å². The summed E-state index contributed by atoms with van der Waals surface area (Å²) in [5, 5.41) is 2.78. The van der Waals surface area contributed by atoms with Gasteiger partial charge < -0.3 is 15.0 Å². The Morgan fingerprint density at radius 1 is 1.13 bits per heavy atom. The van der Waals surface area contributed by atoms with Gasteiger partial charge in [-0.1, -0.05) is 12.1 Å². The van der Waals surface area contributed by atoms with Crippen LogP contribution in [0.5, 0.6) is 5.75 Å². The highest BCUT2D eigenvalue weighted by Crippen LogP contribution is 2.25. The number of hydrogen-bond donors (Lipinski definition) is 1. The van der Waals surface area contributed by atoms with E-state index < -0.39 is 15.9 Å². The number of aryl methyl sites for hydroxylation is 1. The van der Waals surface area contributed by atoms with E-state index in [1.165, 1.54) is 0 Å². The van der Waals surface area contributed by atoms with Crippen LogP contribution in [0.15, 0.2) is 42.5 Å². The maximum absolute atomic E-state index is 12.6. The van der Waals surface area contributed by atoms with Crippen molar-refractivity contribution >= 4 is 27.3 Å². The average Bonchev–Trinajstić information content (AvgIpc) is 2.71. The van der Waals surface area contributed by atoms with Crippen molar-refractivity contribution in [2.45, 2.75) is 32.8 Å². The summed E-state index contributed by atoms with van der Waals surface area (Å²) in [6, 6.07) is 12.6. The lowest BCUT2D eigenvalue weighted by Gasteiger charge is -2.29. The lowest BCUT2D eigenvalue weighted by Crippen LogP contribution is -2.38. The van der Waals surface area contributed by atoms with Gasteiger partial charge in [-0.2, -0.15) is 0 Å². The van der Waals surface area contributed by atoms with Crippen molar-refractivity contribution in [1.29, 1.82) is 0 Å². The molecule has 1 aliphatic rings. The van der Waals surface area contributed by atoms with Crippen molar-refractivity contribution in [1.82, 2.24) is 4.90 Å². The van der Waals surface area contributed by atoms with E-state index in [4.69, 9.17) is 4.74 Å². The molecule has 3 rings (SSSR count). The Morgan fingerprint density at radius 3 is 2.39 bits per heavy atom. The molecule has 2 aromatic carbocycles. The highest BCUT2D eigenvalue weighted by molar-refractivity contribution is 7.92. The average molecular weight is 446 g/mol. The van der Waals surface area contributed by atoms with Crippen LogP contribution >= 0.6 is 0 Å². The molecule has 7 nitrogen and oxygen atoms in total. The minimum absolute atomic E-state index is 0.206. The Kier molecular flexibility index (Phi) is 7.23. The third kappa shape index (κ3) is 6.21. The molecule has 0 unspecified atom stereocenters. The summed E-state index contributed by atoms with van der Waals surface area (Å²) in [5.74, 6) is 0.357. The summed E-state index contributed by atoms with van der Waals surface area (Å²) < 4.78 is 31.9. The first-order chi connectivity index (χ1) is 14.6. The third-order valence-corrected chi connectivity index (χ3v) is 6.77. The van der Waals surface area contributed by atoms with E-state index >= 15 is 0 Å². The van der Waals surface area contributed by atoms with Gasteiger partial charge in [-0.05, 0) is 75.2 Å². The van der Waals surface area contributed by atoms with Crippen LogP contribution in [0.25, 0.3) is 0 Å². The number of sulfonamides is 1. The first-order valence-electron chi connectivity index (χ1n) is 10.4. The molecular weight excluding hydrogens is 414 g/mol. The van der Waals surface area contributed by atoms with Crippen LogP contribution in [0.1, 0.15) is 24.0 Å². The van der Waals surface area contributed by atoms with Crippen molar-refractivity contribution in [3.63, 3.8) is 0 Å². The SMILES string of the molecule is Cc1cccc(N(CC(=O)Nc2ccc(OC3CCN(C)CC3)cc2)S(C)(=O)=O)c1C. The number of hydrogen-bond acceptors (Lipinski definition) is 5. The van der Waals surface area contributed by atoms with Crippen LogP contribution in [0.2, 0.25) is 0 Å². The number of ether oxygens (including phenoxy) is 1. The van der Waals surface area contributed by atoms with Crippen LogP contribution in [0.3, 0.4) is 0 Å². The molecule has 1 aliphatic heterocycles. The summed E-state index contributed by atoms with van der Waals surface area (Å²) in [4.78, 5) is 14.9. The van der Waals surface area contributed by atoms with Crippen LogP contribution < -0.4 is 14.4 Å². The summed E-state index contributed by atoms with van der Waals surface area (Å²) in [7, 11) is -1.51. The van der Waals surface area contributed by atoms with E-state index in [0.717, 1.165) is 53.4 Å². The molecule has 168 valence electrons. The lowest BCUT2D eigenvalue weighted by molar-refractivity contribution is -0.114. The van der Waals surface area contributed by atoms with Crippen LogP contribution in [-0.4, -0.2) is 58.3 Å². The maximum Gasteiger partial charge on any atom is 0.245 e. The zero-order valence-corrected chi connectivity index (χ0v) is 19.4. The molecular formula is C23H31N3O4S. The van der Waals surface area contributed by atoms with Gasteiger partial charge in [0.2, 0.25) is 15.9 Å². The number of amides is 1. The molecule has 0 spiro atoms. The fourth-order valence-electron chi connectivity index (χ4n) is 3.63. The number of nitrogens with zero attached hydrogens (tertiary/aromatic N) is 2. The zero-order chi connectivity index (χ0) is 22.6. The minimum Gasteiger partial charge on any atom is -0.490 e. The number of likely N-dealkylation sites (tertiary alicyclic amines) is 1. The monoisotopic (exact) mass is 445 g/mol. The maximum atomic E-state index is 12.6. The molecule has 1 amide bonds. The molecule has 1 fully saturated rings. The molecule has 0 saturated carbocycles. The van der Waals surface area contributed by atoms with E-state index in [9.17, 15) is 13.2 Å². The van der Waals surface area contributed by atoms with Crippen LogP contribution in [0, 0.1) is 13.8 Å². The van der Waals surface area contributed by atoms with Gasteiger partial charge in [-0.15, -0.1) is 0 Å².